The average molecular weight is 187 g/mol. The zero-order valence-corrected chi connectivity index (χ0v) is 8.96. The Labute approximate surface area is 86.4 Å². The molecule has 0 aromatic heterocycles. The van der Waals surface area contributed by atoms with Crippen LogP contribution in [0.1, 0.15) is 43.7 Å². The van der Waals surface area contributed by atoms with Gasteiger partial charge in [-0.15, -0.1) is 0 Å². The van der Waals surface area contributed by atoms with Gasteiger partial charge >= 0.3 is 0 Å². The van der Waals surface area contributed by atoms with Crippen molar-refractivity contribution in [2.24, 2.45) is 0 Å². The van der Waals surface area contributed by atoms with E-state index in [1.54, 1.807) is 0 Å². The molecule has 0 N–H and O–H groups in total. The van der Waals surface area contributed by atoms with Gasteiger partial charge in [0.15, 0.2) is 0 Å². The molecule has 0 heterocycles. The fourth-order valence-corrected chi connectivity index (χ4v) is 1.43. The molecule has 0 bridgehead atoms. The van der Waals surface area contributed by atoms with E-state index in [0.29, 0.717) is 0 Å². The largest absolute Gasteiger partial charge is 0.198 e. The van der Waals surface area contributed by atoms with Crippen LogP contribution in [-0.4, -0.2) is 0 Å². The number of nitrogens with zero attached hydrogens (tertiary/aromatic N) is 1. The SMILES string of the molecule is CCCCc1ccc(C(C)C#N)cc1. The summed E-state index contributed by atoms with van der Waals surface area (Å²) in [6, 6.07) is 10.7. The van der Waals surface area contributed by atoms with E-state index in [2.05, 4.69) is 37.3 Å². The maximum Gasteiger partial charge on any atom is 0.0700 e. The van der Waals surface area contributed by atoms with Crippen molar-refractivity contribution in [2.45, 2.75) is 39.0 Å². The second-order valence-electron chi connectivity index (χ2n) is 3.70. The molecule has 0 aliphatic rings. The standard InChI is InChI=1S/C13H17N/c1-3-4-5-12-6-8-13(9-7-12)11(2)10-14/h6-9,11H,3-5H2,1-2H3. The molecular weight excluding hydrogens is 170 g/mol. The first-order valence-electron chi connectivity index (χ1n) is 5.26. The summed E-state index contributed by atoms with van der Waals surface area (Å²) < 4.78 is 0. The van der Waals surface area contributed by atoms with Crippen LogP contribution in [0.5, 0.6) is 0 Å². The maximum atomic E-state index is 8.75. The van der Waals surface area contributed by atoms with E-state index in [9.17, 15) is 0 Å². The van der Waals surface area contributed by atoms with Gasteiger partial charge in [0.25, 0.3) is 0 Å². The van der Waals surface area contributed by atoms with Gasteiger partial charge in [0, 0.05) is 0 Å². The van der Waals surface area contributed by atoms with Crippen LogP contribution >= 0.6 is 0 Å². The zero-order valence-electron chi connectivity index (χ0n) is 8.96. The highest BCUT2D eigenvalue weighted by molar-refractivity contribution is 5.28. The summed E-state index contributed by atoms with van der Waals surface area (Å²) in [5.74, 6) is 0.00947. The zero-order chi connectivity index (χ0) is 10.4. The summed E-state index contributed by atoms with van der Waals surface area (Å²) in [5, 5.41) is 8.75. The summed E-state index contributed by atoms with van der Waals surface area (Å²) in [5.41, 5.74) is 2.49. The van der Waals surface area contributed by atoms with Crippen LogP contribution in [0.4, 0.5) is 0 Å². The number of hydrogen-bond donors (Lipinski definition) is 0. The topological polar surface area (TPSA) is 23.8 Å². The number of rotatable bonds is 4. The second kappa shape index (κ2) is 5.44. The Morgan fingerprint density at radius 2 is 1.93 bits per heavy atom. The van der Waals surface area contributed by atoms with E-state index in [4.69, 9.17) is 5.26 Å². The molecule has 1 aromatic carbocycles. The minimum Gasteiger partial charge on any atom is -0.198 e. The quantitative estimate of drug-likeness (QED) is 0.705. The average Bonchev–Trinajstić information content (AvgIpc) is 2.26. The van der Waals surface area contributed by atoms with Crippen molar-refractivity contribution in [3.8, 4) is 6.07 Å². The van der Waals surface area contributed by atoms with E-state index in [1.807, 2.05) is 6.92 Å². The highest BCUT2D eigenvalue weighted by Gasteiger charge is 2.02. The minimum absolute atomic E-state index is 0.00947. The van der Waals surface area contributed by atoms with Crippen molar-refractivity contribution in [2.75, 3.05) is 0 Å². The van der Waals surface area contributed by atoms with Crippen LogP contribution in [0.15, 0.2) is 24.3 Å². The first-order chi connectivity index (χ1) is 6.77. The van der Waals surface area contributed by atoms with Crippen LogP contribution in [0.3, 0.4) is 0 Å². The lowest BCUT2D eigenvalue weighted by Crippen LogP contribution is -1.90. The van der Waals surface area contributed by atoms with Crippen LogP contribution in [-0.2, 0) is 6.42 Å². The third-order valence-electron chi connectivity index (χ3n) is 2.49. The van der Waals surface area contributed by atoms with Crippen LogP contribution in [0.2, 0.25) is 0 Å². The van der Waals surface area contributed by atoms with Gasteiger partial charge in [-0.1, -0.05) is 37.6 Å². The number of unbranched alkanes of at least 4 members (excludes halogenated alkanes) is 1. The molecule has 1 aromatic rings. The summed E-state index contributed by atoms with van der Waals surface area (Å²) in [6.45, 7) is 4.13. The van der Waals surface area contributed by atoms with Crippen molar-refractivity contribution in [3.05, 3.63) is 35.4 Å². The van der Waals surface area contributed by atoms with Gasteiger partial charge < -0.3 is 0 Å². The molecule has 0 aliphatic heterocycles. The third kappa shape index (κ3) is 2.88. The van der Waals surface area contributed by atoms with Crippen molar-refractivity contribution < 1.29 is 0 Å². The summed E-state index contributed by atoms with van der Waals surface area (Å²) in [6.07, 6.45) is 3.63. The lowest BCUT2D eigenvalue weighted by Gasteiger charge is -2.04. The van der Waals surface area contributed by atoms with Gasteiger partial charge in [-0.2, -0.15) is 5.26 Å². The van der Waals surface area contributed by atoms with E-state index in [-0.39, 0.29) is 5.92 Å². The molecule has 0 spiro atoms. The van der Waals surface area contributed by atoms with Gasteiger partial charge in [-0.25, -0.2) is 0 Å². The molecule has 0 radical (unpaired) electrons. The van der Waals surface area contributed by atoms with E-state index in [1.165, 1.54) is 18.4 Å². The highest BCUT2D eigenvalue weighted by atomic mass is 14.3. The third-order valence-corrected chi connectivity index (χ3v) is 2.49. The van der Waals surface area contributed by atoms with Crippen LogP contribution in [0.25, 0.3) is 0 Å². The molecule has 0 amide bonds. The van der Waals surface area contributed by atoms with Gasteiger partial charge in [-0.05, 0) is 30.9 Å². The molecule has 0 saturated carbocycles. The molecule has 0 saturated heterocycles. The fraction of sp³-hybridized carbons (Fsp3) is 0.462. The monoisotopic (exact) mass is 187 g/mol. The Kier molecular flexibility index (Phi) is 4.19. The van der Waals surface area contributed by atoms with Gasteiger partial charge in [-0.3, -0.25) is 0 Å². The molecule has 1 unspecified atom stereocenters. The number of hydrogen-bond acceptors (Lipinski definition) is 1. The molecule has 1 heteroatoms. The fourth-order valence-electron chi connectivity index (χ4n) is 1.43. The van der Waals surface area contributed by atoms with Gasteiger partial charge in [0.2, 0.25) is 0 Å². The Morgan fingerprint density at radius 3 is 2.43 bits per heavy atom. The summed E-state index contributed by atoms with van der Waals surface area (Å²) in [7, 11) is 0. The minimum atomic E-state index is 0.00947. The lowest BCUT2D eigenvalue weighted by atomic mass is 10.00. The smallest absolute Gasteiger partial charge is 0.0700 e. The lowest BCUT2D eigenvalue weighted by molar-refractivity contribution is 0.794. The number of benzene rings is 1. The molecule has 14 heavy (non-hydrogen) atoms. The first-order valence-corrected chi connectivity index (χ1v) is 5.26. The maximum absolute atomic E-state index is 8.75. The predicted octanol–water partition coefficient (Wildman–Crippen LogP) is 3.66. The predicted molar refractivity (Wildman–Crippen MR) is 59.1 cm³/mol. The Balaban J connectivity index is 2.65. The summed E-state index contributed by atoms with van der Waals surface area (Å²) in [4.78, 5) is 0. The molecule has 1 nitrogen and oxygen atoms in total. The van der Waals surface area contributed by atoms with Crippen LogP contribution < -0.4 is 0 Å². The molecule has 1 atom stereocenters. The van der Waals surface area contributed by atoms with Gasteiger partial charge in [0.05, 0.1) is 12.0 Å². The van der Waals surface area contributed by atoms with Crippen molar-refractivity contribution in [1.82, 2.24) is 0 Å². The van der Waals surface area contributed by atoms with E-state index >= 15 is 0 Å². The van der Waals surface area contributed by atoms with Crippen LogP contribution in [0, 0.1) is 11.3 Å². The normalized spacial score (nSPS) is 12.1. The van der Waals surface area contributed by atoms with Crippen molar-refractivity contribution in [1.29, 1.82) is 5.26 Å². The van der Waals surface area contributed by atoms with Crippen molar-refractivity contribution in [3.63, 3.8) is 0 Å². The van der Waals surface area contributed by atoms with Gasteiger partial charge in [0.1, 0.15) is 0 Å². The van der Waals surface area contributed by atoms with E-state index < -0.39 is 0 Å². The van der Waals surface area contributed by atoms with Crippen molar-refractivity contribution >= 4 is 0 Å². The summed E-state index contributed by atoms with van der Waals surface area (Å²) >= 11 is 0. The highest BCUT2D eigenvalue weighted by Crippen LogP contribution is 2.15. The van der Waals surface area contributed by atoms with E-state index in [0.717, 1.165) is 12.0 Å². The number of aryl methyl sites for hydroxylation is 1. The molecule has 0 aliphatic carbocycles. The molecular formula is C13H17N. The Hall–Kier alpha value is -1.29. The molecule has 1 rings (SSSR count). The first kappa shape index (κ1) is 10.8. The second-order valence-corrected chi connectivity index (χ2v) is 3.70. The Morgan fingerprint density at radius 1 is 1.29 bits per heavy atom. The molecule has 0 fully saturated rings. The molecule has 74 valence electrons. The number of nitriles is 1. The Bertz CT molecular complexity index is 305.